The number of carbonyl (C=O) groups excluding carboxylic acids is 1. The molecule has 1 saturated carbocycles. The number of carbonyl (C=O) groups is 2. The quantitative estimate of drug-likeness (QED) is 0.500. The first-order valence-electron chi connectivity index (χ1n) is 7.90. The molecule has 1 N–H and O–H groups in total. The minimum Gasteiger partial charge on any atom is -0.480 e. The second-order valence-electron chi connectivity index (χ2n) is 5.89. The molecule has 0 bridgehead atoms. The number of carboxylic acids is 1. The summed E-state index contributed by atoms with van der Waals surface area (Å²) in [5.41, 5.74) is -1.04. The molecule has 0 aliphatic heterocycles. The third-order valence-electron chi connectivity index (χ3n) is 4.41. The molecule has 0 amide bonds. The Hall–Kier alpha value is -0.860. The number of aliphatic carboxylic acids is 1. The van der Waals surface area contributed by atoms with Crippen molar-refractivity contribution in [3.8, 4) is 0 Å². The van der Waals surface area contributed by atoms with Crippen molar-refractivity contribution in [1.29, 1.82) is 0 Å². The third kappa shape index (κ3) is 4.63. The van der Waals surface area contributed by atoms with Crippen LogP contribution in [0.5, 0.6) is 0 Å². The zero-order valence-electron chi connectivity index (χ0n) is 12.2. The van der Waals surface area contributed by atoms with Crippen LogP contribution in [0.2, 0.25) is 0 Å². The van der Waals surface area contributed by atoms with E-state index in [0.717, 1.165) is 32.1 Å². The van der Waals surface area contributed by atoms with E-state index in [9.17, 15) is 14.7 Å². The summed E-state index contributed by atoms with van der Waals surface area (Å²) in [5, 5.41) is 9.41. The lowest BCUT2D eigenvalue weighted by Gasteiger charge is -2.31. The molecule has 1 aliphatic carbocycles. The van der Waals surface area contributed by atoms with Gasteiger partial charge in [0.2, 0.25) is 0 Å². The molecule has 1 rings (SSSR count). The van der Waals surface area contributed by atoms with Crippen LogP contribution in [0.15, 0.2) is 0 Å². The van der Waals surface area contributed by atoms with Crippen LogP contribution in [0.3, 0.4) is 0 Å². The Morgan fingerprint density at radius 3 is 2.11 bits per heavy atom. The van der Waals surface area contributed by atoms with Gasteiger partial charge in [0.1, 0.15) is 11.2 Å². The summed E-state index contributed by atoms with van der Waals surface area (Å²) in [4.78, 5) is 23.7. The minimum absolute atomic E-state index is 0.0183. The van der Waals surface area contributed by atoms with Crippen molar-refractivity contribution in [2.24, 2.45) is 5.41 Å². The lowest BCUT2D eigenvalue weighted by Crippen LogP contribution is -2.41. The Bertz CT molecular complexity index is 290. The van der Waals surface area contributed by atoms with E-state index in [1.807, 2.05) is 0 Å². The largest absolute Gasteiger partial charge is 0.480 e. The summed E-state index contributed by atoms with van der Waals surface area (Å²) in [6.45, 7) is 2.18. The highest BCUT2D eigenvalue weighted by molar-refractivity contribution is 6.03. The van der Waals surface area contributed by atoms with E-state index in [4.69, 9.17) is 0 Å². The van der Waals surface area contributed by atoms with Crippen LogP contribution >= 0.6 is 0 Å². The second-order valence-corrected chi connectivity index (χ2v) is 5.89. The molecule has 0 radical (unpaired) electrons. The fraction of sp³-hybridized carbons (Fsp3) is 0.875. The molecule has 1 aliphatic rings. The Balaban J connectivity index is 2.35. The lowest BCUT2D eigenvalue weighted by molar-refractivity contribution is -0.157. The molecule has 0 aromatic carbocycles. The number of hydrogen-bond donors (Lipinski definition) is 1. The van der Waals surface area contributed by atoms with E-state index in [2.05, 4.69) is 6.92 Å². The average Bonchev–Trinajstić information content (AvgIpc) is 2.43. The molecule has 0 atom stereocenters. The highest BCUT2D eigenvalue weighted by Crippen LogP contribution is 2.38. The number of hydrogen-bond acceptors (Lipinski definition) is 2. The summed E-state index contributed by atoms with van der Waals surface area (Å²) >= 11 is 0. The van der Waals surface area contributed by atoms with Gasteiger partial charge >= 0.3 is 5.97 Å². The third-order valence-corrected chi connectivity index (χ3v) is 4.41. The van der Waals surface area contributed by atoms with Gasteiger partial charge in [-0.2, -0.15) is 0 Å². The number of carboxylic acid groups (broad SMARTS) is 1. The summed E-state index contributed by atoms with van der Waals surface area (Å²) in [5.74, 6) is -0.904. The number of unbranched alkanes of at least 4 members (excludes halogenated alkanes) is 5. The number of ketones is 1. The van der Waals surface area contributed by atoms with Gasteiger partial charge in [-0.1, -0.05) is 58.3 Å². The molecule has 0 aromatic rings. The topological polar surface area (TPSA) is 54.4 Å². The maximum absolute atomic E-state index is 12.3. The van der Waals surface area contributed by atoms with E-state index < -0.39 is 11.4 Å². The Morgan fingerprint density at radius 2 is 1.53 bits per heavy atom. The summed E-state index contributed by atoms with van der Waals surface area (Å²) in [6, 6.07) is 0. The Kier molecular flexibility index (Phi) is 7.11. The van der Waals surface area contributed by atoms with E-state index in [0.29, 0.717) is 19.3 Å². The highest BCUT2D eigenvalue weighted by atomic mass is 16.4. The minimum atomic E-state index is -1.04. The number of rotatable bonds is 9. The van der Waals surface area contributed by atoms with Crippen molar-refractivity contribution in [3.05, 3.63) is 0 Å². The van der Waals surface area contributed by atoms with E-state index in [1.165, 1.54) is 25.7 Å². The van der Waals surface area contributed by atoms with Crippen LogP contribution < -0.4 is 0 Å². The van der Waals surface area contributed by atoms with Gasteiger partial charge in [0.15, 0.2) is 0 Å². The second kappa shape index (κ2) is 8.34. The van der Waals surface area contributed by atoms with Crippen LogP contribution in [0.25, 0.3) is 0 Å². The van der Waals surface area contributed by atoms with Crippen molar-refractivity contribution < 1.29 is 14.7 Å². The standard InChI is InChI=1S/C16H28O3/c1-2-3-4-5-6-8-11-14(17)16(15(18)19)12-9-7-10-13-16/h2-13H2,1H3,(H,18,19). The molecular weight excluding hydrogens is 240 g/mol. The molecule has 0 heterocycles. The smallest absolute Gasteiger partial charge is 0.317 e. The monoisotopic (exact) mass is 268 g/mol. The molecule has 0 aromatic heterocycles. The first kappa shape index (κ1) is 16.2. The van der Waals surface area contributed by atoms with Crippen LogP contribution in [-0.2, 0) is 9.59 Å². The predicted molar refractivity (Wildman–Crippen MR) is 76.2 cm³/mol. The maximum Gasteiger partial charge on any atom is 0.317 e. The zero-order chi connectivity index (χ0) is 14.1. The van der Waals surface area contributed by atoms with E-state index in [-0.39, 0.29) is 5.78 Å². The van der Waals surface area contributed by atoms with Crippen LogP contribution in [0.4, 0.5) is 0 Å². The van der Waals surface area contributed by atoms with Gasteiger partial charge in [-0.25, -0.2) is 0 Å². The van der Waals surface area contributed by atoms with E-state index in [1.54, 1.807) is 0 Å². The zero-order valence-corrected chi connectivity index (χ0v) is 12.2. The molecule has 3 heteroatoms. The molecule has 1 fully saturated rings. The Labute approximate surface area is 116 Å². The first-order chi connectivity index (χ1) is 9.13. The fourth-order valence-corrected chi connectivity index (χ4v) is 3.07. The van der Waals surface area contributed by atoms with Crippen molar-refractivity contribution in [3.63, 3.8) is 0 Å². The Morgan fingerprint density at radius 1 is 0.947 bits per heavy atom. The molecule has 0 spiro atoms. The summed E-state index contributed by atoms with van der Waals surface area (Å²) in [6.07, 6.45) is 11.2. The van der Waals surface area contributed by atoms with Crippen molar-refractivity contribution in [2.45, 2.75) is 84.0 Å². The van der Waals surface area contributed by atoms with Gasteiger partial charge in [0.05, 0.1) is 0 Å². The van der Waals surface area contributed by atoms with E-state index >= 15 is 0 Å². The van der Waals surface area contributed by atoms with Gasteiger partial charge in [0, 0.05) is 6.42 Å². The summed E-state index contributed by atoms with van der Waals surface area (Å²) in [7, 11) is 0. The lowest BCUT2D eigenvalue weighted by atomic mass is 9.70. The predicted octanol–water partition coefficient (Wildman–Crippen LogP) is 4.34. The molecule has 110 valence electrons. The molecule has 0 saturated heterocycles. The maximum atomic E-state index is 12.3. The van der Waals surface area contributed by atoms with Crippen molar-refractivity contribution >= 4 is 11.8 Å². The molecular formula is C16H28O3. The van der Waals surface area contributed by atoms with Gasteiger partial charge in [-0.3, -0.25) is 9.59 Å². The van der Waals surface area contributed by atoms with Gasteiger partial charge < -0.3 is 5.11 Å². The van der Waals surface area contributed by atoms with Crippen LogP contribution in [0.1, 0.15) is 84.0 Å². The molecule has 0 unspecified atom stereocenters. The SMILES string of the molecule is CCCCCCCCC(=O)C1(C(=O)O)CCCCC1. The normalized spacial score (nSPS) is 18.2. The highest BCUT2D eigenvalue weighted by Gasteiger charge is 2.45. The molecule has 3 nitrogen and oxygen atoms in total. The fourth-order valence-electron chi connectivity index (χ4n) is 3.07. The first-order valence-corrected chi connectivity index (χ1v) is 7.90. The average molecular weight is 268 g/mol. The van der Waals surface area contributed by atoms with Gasteiger partial charge in [-0.05, 0) is 19.3 Å². The van der Waals surface area contributed by atoms with Crippen molar-refractivity contribution in [2.75, 3.05) is 0 Å². The summed E-state index contributed by atoms with van der Waals surface area (Å²) < 4.78 is 0. The molecule has 19 heavy (non-hydrogen) atoms. The van der Waals surface area contributed by atoms with Crippen LogP contribution in [-0.4, -0.2) is 16.9 Å². The number of Topliss-reactive ketones (excluding diaryl/α,β-unsaturated/α-hetero) is 1. The van der Waals surface area contributed by atoms with Gasteiger partial charge in [-0.15, -0.1) is 0 Å². The van der Waals surface area contributed by atoms with Crippen molar-refractivity contribution in [1.82, 2.24) is 0 Å². The van der Waals surface area contributed by atoms with Gasteiger partial charge in [0.25, 0.3) is 0 Å². The van der Waals surface area contributed by atoms with Crippen LogP contribution in [0, 0.1) is 5.41 Å².